The first kappa shape index (κ1) is 16.7. The van der Waals surface area contributed by atoms with Gasteiger partial charge < -0.3 is 20.5 Å². The van der Waals surface area contributed by atoms with Crippen LogP contribution < -0.4 is 11.1 Å². The van der Waals surface area contributed by atoms with Crippen LogP contribution in [0.4, 0.5) is 11.6 Å². The minimum Gasteiger partial charge on any atom is -0.383 e. The summed E-state index contributed by atoms with van der Waals surface area (Å²) in [7, 11) is -0.502. The molecular formula is C11H22N4O4S. The summed E-state index contributed by atoms with van der Waals surface area (Å²) in [5.41, 5.74) is 5.88. The molecule has 1 aromatic heterocycles. The first-order valence-electron chi connectivity index (χ1n) is 6.09. The number of anilines is 2. The van der Waals surface area contributed by atoms with Crippen molar-refractivity contribution in [2.75, 3.05) is 38.1 Å². The number of rotatable bonds is 7. The van der Waals surface area contributed by atoms with Gasteiger partial charge in [-0.25, -0.2) is 13.1 Å². The minimum absolute atomic E-state index is 0.00263. The molecule has 1 heterocycles. The molecule has 1 aromatic rings. The average Bonchev–Trinajstić information content (AvgIpc) is 2.67. The second-order valence-corrected chi connectivity index (χ2v) is 6.61. The molecule has 9 heteroatoms. The molecule has 0 bridgehead atoms. The number of hydrogen-bond acceptors (Lipinski definition) is 7. The fraction of sp³-hybridized carbons (Fsp3) is 0.727. The number of ether oxygens (including phenoxy) is 2. The standard InChI is InChI=1S/C11H22N4O4S/c1-7(2)15-10(12)9(20(5,16)17)11(14-15)13-6-8(18-3)19-4/h7-8H,6,12H2,1-5H3,(H,13,14). The molecule has 116 valence electrons. The van der Waals surface area contributed by atoms with E-state index in [-0.39, 0.29) is 29.1 Å². The lowest BCUT2D eigenvalue weighted by atomic mass is 10.4. The molecule has 0 amide bonds. The first-order chi connectivity index (χ1) is 9.22. The average molecular weight is 306 g/mol. The molecule has 0 aliphatic carbocycles. The largest absolute Gasteiger partial charge is 0.383 e. The van der Waals surface area contributed by atoms with Gasteiger partial charge in [0, 0.05) is 26.5 Å². The topological polar surface area (TPSA) is 108 Å². The lowest BCUT2D eigenvalue weighted by Gasteiger charge is -2.14. The van der Waals surface area contributed by atoms with E-state index in [0.29, 0.717) is 0 Å². The zero-order valence-electron chi connectivity index (χ0n) is 12.4. The van der Waals surface area contributed by atoms with Crippen molar-refractivity contribution in [2.24, 2.45) is 0 Å². The molecule has 0 radical (unpaired) electrons. The van der Waals surface area contributed by atoms with Crippen LogP contribution in [0.3, 0.4) is 0 Å². The van der Waals surface area contributed by atoms with Crippen molar-refractivity contribution in [1.29, 1.82) is 0 Å². The van der Waals surface area contributed by atoms with Gasteiger partial charge in [0.1, 0.15) is 5.82 Å². The van der Waals surface area contributed by atoms with Gasteiger partial charge in [0.25, 0.3) is 0 Å². The van der Waals surface area contributed by atoms with Gasteiger partial charge in [-0.3, -0.25) is 0 Å². The Morgan fingerprint density at radius 3 is 2.30 bits per heavy atom. The van der Waals surface area contributed by atoms with Crippen molar-refractivity contribution < 1.29 is 17.9 Å². The molecule has 8 nitrogen and oxygen atoms in total. The van der Waals surface area contributed by atoms with Gasteiger partial charge in [-0.1, -0.05) is 0 Å². The normalized spacial score (nSPS) is 12.3. The molecule has 0 unspecified atom stereocenters. The zero-order valence-corrected chi connectivity index (χ0v) is 13.2. The third-order valence-electron chi connectivity index (χ3n) is 2.72. The Morgan fingerprint density at radius 2 is 1.90 bits per heavy atom. The molecule has 0 fully saturated rings. The van der Waals surface area contributed by atoms with Gasteiger partial charge in [0.15, 0.2) is 26.8 Å². The van der Waals surface area contributed by atoms with Crippen LogP contribution in [0.1, 0.15) is 19.9 Å². The second kappa shape index (κ2) is 6.42. The van der Waals surface area contributed by atoms with Crippen molar-refractivity contribution in [3.8, 4) is 0 Å². The van der Waals surface area contributed by atoms with Crippen LogP contribution in [0.25, 0.3) is 0 Å². The maximum Gasteiger partial charge on any atom is 0.182 e. The van der Waals surface area contributed by atoms with E-state index in [4.69, 9.17) is 15.2 Å². The summed E-state index contributed by atoms with van der Waals surface area (Å²) in [5.74, 6) is 0.328. The Bertz CT molecular complexity index is 549. The van der Waals surface area contributed by atoms with Gasteiger partial charge >= 0.3 is 0 Å². The molecule has 20 heavy (non-hydrogen) atoms. The fourth-order valence-electron chi connectivity index (χ4n) is 1.75. The Hall–Kier alpha value is -1.32. The SMILES string of the molecule is COC(CNc1nn(C(C)C)c(N)c1S(C)(=O)=O)OC. The molecule has 0 aliphatic heterocycles. The van der Waals surface area contributed by atoms with Gasteiger partial charge in [-0.15, -0.1) is 0 Å². The van der Waals surface area contributed by atoms with Crippen LogP contribution in [0.15, 0.2) is 4.90 Å². The van der Waals surface area contributed by atoms with E-state index in [0.717, 1.165) is 6.26 Å². The molecule has 0 saturated heterocycles. The third kappa shape index (κ3) is 3.62. The second-order valence-electron chi connectivity index (χ2n) is 4.66. The molecule has 0 aliphatic rings. The number of nitrogen functional groups attached to an aromatic ring is 1. The maximum absolute atomic E-state index is 11.9. The summed E-state index contributed by atoms with van der Waals surface area (Å²) in [5, 5.41) is 7.10. The summed E-state index contributed by atoms with van der Waals surface area (Å²) >= 11 is 0. The highest BCUT2D eigenvalue weighted by Crippen LogP contribution is 2.29. The quantitative estimate of drug-likeness (QED) is 0.705. The van der Waals surface area contributed by atoms with Crippen LogP contribution in [-0.2, 0) is 19.3 Å². The molecule has 0 atom stereocenters. The number of methoxy groups -OCH3 is 2. The Balaban J connectivity index is 3.15. The van der Waals surface area contributed by atoms with Crippen LogP contribution >= 0.6 is 0 Å². The third-order valence-corrected chi connectivity index (χ3v) is 3.87. The summed E-state index contributed by atoms with van der Waals surface area (Å²) in [6, 6.07) is -0.0494. The van der Waals surface area contributed by atoms with E-state index in [1.54, 1.807) is 0 Å². The Labute approximate surface area is 119 Å². The summed E-state index contributed by atoms with van der Waals surface area (Å²) in [6.45, 7) is 3.99. The van der Waals surface area contributed by atoms with Gasteiger partial charge in [-0.05, 0) is 13.8 Å². The fourth-order valence-corrected chi connectivity index (χ4v) is 2.69. The molecule has 0 aromatic carbocycles. The minimum atomic E-state index is -3.49. The molecule has 0 spiro atoms. The van der Waals surface area contributed by atoms with Gasteiger partial charge in [-0.2, -0.15) is 5.10 Å². The summed E-state index contributed by atoms with van der Waals surface area (Å²) in [6.07, 6.45) is 0.591. The van der Waals surface area contributed by atoms with Gasteiger partial charge in [0.05, 0.1) is 6.54 Å². The lowest BCUT2D eigenvalue weighted by Crippen LogP contribution is -2.24. The highest BCUT2D eigenvalue weighted by Gasteiger charge is 2.25. The number of nitrogens with one attached hydrogen (secondary N) is 1. The van der Waals surface area contributed by atoms with Crippen molar-refractivity contribution in [3.63, 3.8) is 0 Å². The van der Waals surface area contributed by atoms with Crippen molar-refractivity contribution in [1.82, 2.24) is 9.78 Å². The smallest absolute Gasteiger partial charge is 0.182 e. The van der Waals surface area contributed by atoms with Crippen molar-refractivity contribution in [2.45, 2.75) is 31.1 Å². The van der Waals surface area contributed by atoms with Crippen LogP contribution in [0.5, 0.6) is 0 Å². The number of nitrogens with two attached hydrogens (primary N) is 1. The summed E-state index contributed by atoms with van der Waals surface area (Å²) in [4.78, 5) is -0.00263. The predicted molar refractivity (Wildman–Crippen MR) is 76.4 cm³/mol. The highest BCUT2D eigenvalue weighted by molar-refractivity contribution is 7.91. The first-order valence-corrected chi connectivity index (χ1v) is 7.99. The van der Waals surface area contributed by atoms with E-state index in [2.05, 4.69) is 10.4 Å². The Kier molecular flexibility index (Phi) is 5.37. The van der Waals surface area contributed by atoms with E-state index >= 15 is 0 Å². The zero-order chi connectivity index (χ0) is 15.5. The molecule has 0 saturated carbocycles. The number of hydrogen-bond donors (Lipinski definition) is 2. The predicted octanol–water partition coefficient (Wildman–Crippen LogP) is 0.481. The maximum atomic E-state index is 11.9. The van der Waals surface area contributed by atoms with E-state index in [1.807, 2.05) is 13.8 Å². The number of sulfone groups is 1. The van der Waals surface area contributed by atoms with Crippen LogP contribution in [0, 0.1) is 0 Å². The van der Waals surface area contributed by atoms with Crippen molar-refractivity contribution in [3.05, 3.63) is 0 Å². The van der Waals surface area contributed by atoms with Gasteiger partial charge in [0.2, 0.25) is 0 Å². The molecule has 3 N–H and O–H groups in total. The monoisotopic (exact) mass is 306 g/mol. The molecule has 1 rings (SSSR count). The highest BCUT2D eigenvalue weighted by atomic mass is 32.2. The number of aromatic nitrogens is 2. The van der Waals surface area contributed by atoms with Crippen molar-refractivity contribution >= 4 is 21.5 Å². The van der Waals surface area contributed by atoms with Crippen LogP contribution in [0.2, 0.25) is 0 Å². The summed E-state index contributed by atoms with van der Waals surface area (Å²) < 4.78 is 35.2. The van der Waals surface area contributed by atoms with Crippen LogP contribution in [-0.4, -0.2) is 51.5 Å². The Morgan fingerprint density at radius 1 is 1.35 bits per heavy atom. The van der Waals surface area contributed by atoms with E-state index in [1.165, 1.54) is 18.9 Å². The van der Waals surface area contributed by atoms with E-state index in [9.17, 15) is 8.42 Å². The number of nitrogens with zero attached hydrogens (tertiary/aromatic N) is 2. The van der Waals surface area contributed by atoms with E-state index < -0.39 is 16.1 Å². The lowest BCUT2D eigenvalue weighted by molar-refractivity contribution is -0.0914. The molecular weight excluding hydrogens is 284 g/mol.